The van der Waals surface area contributed by atoms with Crippen LogP contribution >= 0.6 is 11.6 Å². The molecule has 2 N–H and O–H groups in total. The average Bonchev–Trinajstić information content (AvgIpc) is 3.05. The van der Waals surface area contributed by atoms with Crippen LogP contribution in [0, 0.1) is 5.41 Å². The summed E-state index contributed by atoms with van der Waals surface area (Å²) in [5.74, 6) is 0.963. The maximum Gasteiger partial charge on any atom is 0.291 e. The first-order valence-electron chi connectivity index (χ1n) is 9.28. The summed E-state index contributed by atoms with van der Waals surface area (Å²) in [5, 5.41) is 11.8. The second-order valence-electron chi connectivity index (χ2n) is 6.63. The summed E-state index contributed by atoms with van der Waals surface area (Å²) in [4.78, 5) is 12.9. The summed E-state index contributed by atoms with van der Waals surface area (Å²) in [6, 6.07) is 13.5. The Morgan fingerprint density at radius 3 is 2.66 bits per heavy atom. The molecule has 8 heteroatoms. The molecule has 1 aliphatic rings. The average molecular weight is 418 g/mol. The summed E-state index contributed by atoms with van der Waals surface area (Å²) in [6.07, 6.45) is 0. The molecule has 0 spiro atoms. The fourth-order valence-corrected chi connectivity index (χ4v) is 3.08. The normalized spacial score (nSPS) is 14.7. The third-order valence-corrected chi connectivity index (χ3v) is 4.91. The van der Waals surface area contributed by atoms with Gasteiger partial charge >= 0.3 is 0 Å². The number of amidine groups is 1. The molecule has 1 fully saturated rings. The lowest BCUT2D eigenvalue weighted by Gasteiger charge is -2.17. The Morgan fingerprint density at radius 1 is 1.24 bits per heavy atom. The van der Waals surface area contributed by atoms with E-state index in [1.807, 2.05) is 42.5 Å². The quantitative estimate of drug-likeness (QED) is 0.653. The van der Waals surface area contributed by atoms with Crippen molar-refractivity contribution in [3.05, 3.63) is 58.6 Å². The molecule has 1 atom stereocenters. The molecule has 1 heterocycles. The number of hydrogen-bond donors (Lipinski definition) is 2. The molecule has 2 aromatic carbocycles. The molecule has 0 radical (unpaired) electrons. The van der Waals surface area contributed by atoms with Gasteiger partial charge in [-0.05, 0) is 42.3 Å². The maximum atomic E-state index is 11.6. The minimum Gasteiger partial charge on any atom is -0.493 e. The van der Waals surface area contributed by atoms with Gasteiger partial charge in [0.15, 0.2) is 18.1 Å². The lowest BCUT2D eigenvalue weighted by molar-refractivity contribution is -0.126. The molecule has 7 nitrogen and oxygen atoms in total. The van der Waals surface area contributed by atoms with E-state index in [4.69, 9.17) is 31.2 Å². The van der Waals surface area contributed by atoms with Crippen LogP contribution in [0.4, 0.5) is 0 Å². The molecule has 29 heavy (non-hydrogen) atoms. The van der Waals surface area contributed by atoms with Crippen molar-refractivity contribution < 1.29 is 19.0 Å². The molecule has 0 bridgehead atoms. The molecule has 0 unspecified atom stereocenters. The van der Waals surface area contributed by atoms with Gasteiger partial charge in [-0.15, -0.1) is 0 Å². The van der Waals surface area contributed by atoms with Crippen LogP contribution in [0.5, 0.6) is 11.5 Å². The van der Waals surface area contributed by atoms with E-state index in [0.29, 0.717) is 18.0 Å². The van der Waals surface area contributed by atoms with E-state index in [1.165, 1.54) is 4.90 Å². The molecule has 1 amide bonds. The molecule has 154 valence electrons. The van der Waals surface area contributed by atoms with Crippen LogP contribution in [0.1, 0.15) is 24.1 Å². The van der Waals surface area contributed by atoms with E-state index in [2.05, 4.69) is 12.2 Å². The van der Waals surface area contributed by atoms with Gasteiger partial charge in [0, 0.05) is 17.6 Å². The number of carbonyl (C=O) groups is 1. The highest BCUT2D eigenvalue weighted by Gasteiger charge is 2.27. The highest BCUT2D eigenvalue weighted by atomic mass is 35.5. The standard InChI is InChI=1S/C21H24ClN3O4/c1-14(16-4-6-17(22)7-5-16)24-12-15-3-8-18(19(11-15)27-2)28-10-9-25-20(26)13-29-21(25)23/h3-8,11,14,23-24H,9-10,12-13H2,1-2H3/t14-/m0/s1. The van der Waals surface area contributed by atoms with Gasteiger partial charge < -0.3 is 19.5 Å². The molecule has 1 aliphatic heterocycles. The first-order valence-corrected chi connectivity index (χ1v) is 9.66. The number of carbonyl (C=O) groups excluding carboxylic acids is 1. The maximum absolute atomic E-state index is 11.6. The third kappa shape index (κ3) is 5.40. The highest BCUT2D eigenvalue weighted by Crippen LogP contribution is 2.28. The first kappa shape index (κ1) is 21.0. The number of halogens is 1. The predicted octanol–water partition coefficient (Wildman–Crippen LogP) is 3.37. The zero-order chi connectivity index (χ0) is 20.8. The van der Waals surface area contributed by atoms with E-state index in [1.54, 1.807) is 7.11 Å². The summed E-state index contributed by atoms with van der Waals surface area (Å²) in [5.41, 5.74) is 2.22. The Kier molecular flexibility index (Phi) is 6.95. The van der Waals surface area contributed by atoms with Gasteiger partial charge in [0.2, 0.25) is 0 Å². The number of rotatable bonds is 9. The summed E-state index contributed by atoms with van der Waals surface area (Å²) < 4.78 is 16.1. The number of amides is 1. The van der Waals surface area contributed by atoms with Crippen LogP contribution in [0.3, 0.4) is 0 Å². The van der Waals surface area contributed by atoms with Gasteiger partial charge in [0.1, 0.15) is 6.61 Å². The van der Waals surface area contributed by atoms with Crippen molar-refractivity contribution >= 4 is 23.5 Å². The van der Waals surface area contributed by atoms with Crippen molar-refractivity contribution in [2.75, 3.05) is 26.9 Å². The second-order valence-corrected chi connectivity index (χ2v) is 7.06. The Morgan fingerprint density at radius 2 is 2.00 bits per heavy atom. The topological polar surface area (TPSA) is 83.9 Å². The number of hydrogen-bond acceptors (Lipinski definition) is 6. The second kappa shape index (κ2) is 9.62. The van der Waals surface area contributed by atoms with Crippen molar-refractivity contribution in [2.24, 2.45) is 0 Å². The number of nitrogens with one attached hydrogen (secondary N) is 2. The van der Waals surface area contributed by atoms with Gasteiger partial charge in [-0.3, -0.25) is 15.1 Å². The van der Waals surface area contributed by atoms with E-state index >= 15 is 0 Å². The number of methoxy groups -OCH3 is 1. The third-order valence-electron chi connectivity index (χ3n) is 4.66. The van der Waals surface area contributed by atoms with Crippen LogP contribution in [-0.4, -0.2) is 43.7 Å². The lowest BCUT2D eigenvalue weighted by atomic mass is 10.1. The smallest absolute Gasteiger partial charge is 0.291 e. The van der Waals surface area contributed by atoms with Crippen molar-refractivity contribution in [3.8, 4) is 11.5 Å². The Hall–Kier alpha value is -2.77. The Bertz CT molecular complexity index is 857. The van der Waals surface area contributed by atoms with E-state index in [9.17, 15) is 4.79 Å². The highest BCUT2D eigenvalue weighted by molar-refractivity contribution is 6.30. The number of ether oxygens (including phenoxy) is 3. The van der Waals surface area contributed by atoms with Crippen LogP contribution in [-0.2, 0) is 16.1 Å². The summed E-state index contributed by atoms with van der Waals surface area (Å²) in [7, 11) is 1.59. The van der Waals surface area contributed by atoms with Crippen LogP contribution in [0.25, 0.3) is 0 Å². The van der Waals surface area contributed by atoms with Gasteiger partial charge in [0.25, 0.3) is 11.9 Å². The predicted molar refractivity (Wildman–Crippen MR) is 111 cm³/mol. The van der Waals surface area contributed by atoms with E-state index in [-0.39, 0.29) is 37.7 Å². The van der Waals surface area contributed by atoms with Crippen molar-refractivity contribution in [3.63, 3.8) is 0 Å². The van der Waals surface area contributed by atoms with Gasteiger partial charge in [-0.1, -0.05) is 29.8 Å². The minimum atomic E-state index is -0.234. The van der Waals surface area contributed by atoms with Gasteiger partial charge in [-0.2, -0.15) is 0 Å². The molecule has 0 aromatic heterocycles. The lowest BCUT2D eigenvalue weighted by Crippen LogP contribution is -2.33. The van der Waals surface area contributed by atoms with E-state index < -0.39 is 0 Å². The largest absolute Gasteiger partial charge is 0.493 e. The van der Waals surface area contributed by atoms with Crippen LogP contribution < -0.4 is 14.8 Å². The van der Waals surface area contributed by atoms with E-state index in [0.717, 1.165) is 16.1 Å². The fraction of sp³-hybridized carbons (Fsp3) is 0.333. The monoisotopic (exact) mass is 417 g/mol. The molecule has 2 aromatic rings. The first-order chi connectivity index (χ1) is 14.0. The number of nitrogens with zero attached hydrogens (tertiary/aromatic N) is 1. The van der Waals surface area contributed by atoms with Crippen molar-refractivity contribution in [2.45, 2.75) is 19.5 Å². The molecule has 0 saturated carbocycles. The van der Waals surface area contributed by atoms with Gasteiger partial charge in [-0.25, -0.2) is 0 Å². The molecule has 1 saturated heterocycles. The Labute approximate surface area is 175 Å². The minimum absolute atomic E-state index is 0.0850. The number of benzene rings is 2. The zero-order valence-electron chi connectivity index (χ0n) is 16.4. The van der Waals surface area contributed by atoms with Crippen molar-refractivity contribution in [1.82, 2.24) is 10.2 Å². The fourth-order valence-electron chi connectivity index (χ4n) is 2.95. The SMILES string of the molecule is COc1cc(CN[C@@H](C)c2ccc(Cl)cc2)ccc1OCCN1C(=N)OCC1=O. The summed E-state index contributed by atoms with van der Waals surface area (Å²) >= 11 is 5.94. The summed E-state index contributed by atoms with van der Waals surface area (Å²) in [6.45, 7) is 3.16. The molecule has 3 rings (SSSR count). The van der Waals surface area contributed by atoms with Crippen LogP contribution in [0.2, 0.25) is 5.02 Å². The Balaban J connectivity index is 1.54. The van der Waals surface area contributed by atoms with Crippen LogP contribution in [0.15, 0.2) is 42.5 Å². The molecule has 0 aliphatic carbocycles. The van der Waals surface area contributed by atoms with Gasteiger partial charge in [0.05, 0.1) is 13.7 Å². The zero-order valence-corrected chi connectivity index (χ0v) is 17.2. The molecular weight excluding hydrogens is 394 g/mol. The van der Waals surface area contributed by atoms with Crippen molar-refractivity contribution in [1.29, 1.82) is 5.41 Å². The molecular formula is C21H24ClN3O4.